The van der Waals surface area contributed by atoms with Crippen molar-refractivity contribution < 1.29 is 0 Å². The van der Waals surface area contributed by atoms with Crippen LogP contribution >= 0.6 is 11.8 Å². The highest BCUT2D eigenvalue weighted by Gasteiger charge is 2.15. The number of fused-ring (bicyclic) bond motifs is 1. The van der Waals surface area contributed by atoms with Gasteiger partial charge in [0, 0.05) is 18.5 Å². The maximum Gasteiger partial charge on any atom is 0.0909 e. The van der Waals surface area contributed by atoms with Gasteiger partial charge in [0.2, 0.25) is 0 Å². The molecule has 0 amide bonds. The second-order valence-electron chi connectivity index (χ2n) is 9.40. The fourth-order valence-electron chi connectivity index (χ4n) is 4.13. The average Bonchev–Trinajstić information content (AvgIpc) is 2.77. The minimum Gasteiger partial charge on any atom is -0.366 e. The summed E-state index contributed by atoms with van der Waals surface area (Å²) < 4.78 is 0. The van der Waals surface area contributed by atoms with Crippen LogP contribution in [0.2, 0.25) is 0 Å². The first-order chi connectivity index (χ1) is 15.3. The second-order valence-corrected chi connectivity index (χ2v) is 10.4. The van der Waals surface area contributed by atoms with Crippen LogP contribution in [0.4, 0.5) is 5.69 Å². The minimum atomic E-state index is 0.789. The number of hydrogen-bond acceptors (Lipinski definition) is 2. The van der Waals surface area contributed by atoms with Crippen molar-refractivity contribution in [3.63, 3.8) is 0 Å². The normalized spacial score (nSPS) is 16.3. The molecule has 2 aromatic carbocycles. The highest BCUT2D eigenvalue weighted by atomic mass is 32.2. The van der Waals surface area contributed by atoms with E-state index in [4.69, 9.17) is 0 Å². The maximum atomic E-state index is 4.66. The zero-order valence-electron chi connectivity index (χ0n) is 20.7. The molecular formula is C29H38N2S. The van der Waals surface area contributed by atoms with E-state index < -0.39 is 0 Å². The van der Waals surface area contributed by atoms with Crippen molar-refractivity contribution in [2.45, 2.75) is 60.3 Å². The van der Waals surface area contributed by atoms with Crippen LogP contribution in [0.3, 0.4) is 0 Å². The Hall–Kier alpha value is -2.26. The van der Waals surface area contributed by atoms with Crippen LogP contribution in [0.5, 0.6) is 0 Å². The van der Waals surface area contributed by atoms with E-state index in [9.17, 15) is 0 Å². The second kappa shape index (κ2) is 11.0. The van der Waals surface area contributed by atoms with Crippen LogP contribution in [0, 0.1) is 19.8 Å². The summed E-state index contributed by atoms with van der Waals surface area (Å²) in [6, 6.07) is 11.4. The van der Waals surface area contributed by atoms with Gasteiger partial charge in [-0.15, -0.1) is 0 Å². The van der Waals surface area contributed by atoms with Gasteiger partial charge in [-0.25, -0.2) is 4.99 Å². The van der Waals surface area contributed by atoms with Gasteiger partial charge in [-0.3, -0.25) is 0 Å². The van der Waals surface area contributed by atoms with Crippen LogP contribution in [0.1, 0.15) is 60.6 Å². The first-order valence-electron chi connectivity index (χ1n) is 11.7. The summed E-state index contributed by atoms with van der Waals surface area (Å²) in [5, 5.41) is 2.27. The summed E-state index contributed by atoms with van der Waals surface area (Å²) in [7, 11) is 2.05. The van der Waals surface area contributed by atoms with E-state index >= 15 is 0 Å². The molecular weight excluding hydrogens is 408 g/mol. The van der Waals surface area contributed by atoms with Crippen molar-refractivity contribution in [1.29, 1.82) is 0 Å². The Morgan fingerprint density at radius 1 is 1.19 bits per heavy atom. The largest absolute Gasteiger partial charge is 0.366 e. The molecule has 2 aromatic rings. The van der Waals surface area contributed by atoms with Crippen molar-refractivity contribution >= 4 is 28.7 Å². The third-order valence-corrected chi connectivity index (χ3v) is 7.46. The molecule has 0 bridgehead atoms. The van der Waals surface area contributed by atoms with Crippen LogP contribution < -0.4 is 0 Å². The highest BCUT2D eigenvalue weighted by molar-refractivity contribution is 8.10. The van der Waals surface area contributed by atoms with Gasteiger partial charge in [-0.2, -0.15) is 0 Å². The molecule has 1 unspecified atom stereocenters. The highest BCUT2D eigenvalue weighted by Crippen LogP contribution is 2.33. The Balaban J connectivity index is 1.66. The first-order valence-corrected chi connectivity index (χ1v) is 12.6. The monoisotopic (exact) mass is 446 g/mol. The lowest BCUT2D eigenvalue weighted by molar-refractivity contribution is 0.501. The Labute approximate surface area is 199 Å². The van der Waals surface area contributed by atoms with Gasteiger partial charge < -0.3 is 4.90 Å². The summed E-state index contributed by atoms with van der Waals surface area (Å²) in [5.41, 5.74) is 10.6. The third kappa shape index (κ3) is 6.38. The fraction of sp³-hybridized carbons (Fsp3) is 0.414. The molecule has 0 fully saturated rings. The first kappa shape index (κ1) is 24.4. The van der Waals surface area contributed by atoms with E-state index in [0.717, 1.165) is 29.5 Å². The number of thioether (sulfide) groups is 1. The number of nitrogens with zero attached hydrogens (tertiary/aromatic N) is 2. The minimum absolute atomic E-state index is 0.789. The lowest BCUT2D eigenvalue weighted by Gasteiger charge is -2.22. The molecule has 0 heterocycles. The Morgan fingerprint density at radius 2 is 1.97 bits per heavy atom. The zero-order chi connectivity index (χ0) is 23.3. The van der Waals surface area contributed by atoms with E-state index in [1.54, 1.807) is 11.8 Å². The molecule has 0 saturated carbocycles. The van der Waals surface area contributed by atoms with Gasteiger partial charge in [0.1, 0.15) is 0 Å². The summed E-state index contributed by atoms with van der Waals surface area (Å²) >= 11 is 1.75. The van der Waals surface area contributed by atoms with Crippen LogP contribution in [0.15, 0.2) is 52.9 Å². The molecule has 1 aliphatic carbocycles. The van der Waals surface area contributed by atoms with Crippen molar-refractivity contribution in [3.8, 4) is 0 Å². The topological polar surface area (TPSA) is 15.6 Å². The van der Waals surface area contributed by atoms with Crippen molar-refractivity contribution in [2.75, 3.05) is 13.6 Å². The van der Waals surface area contributed by atoms with Crippen LogP contribution in [-0.4, -0.2) is 24.8 Å². The molecule has 1 aliphatic rings. The molecule has 0 aromatic heterocycles. The average molecular weight is 447 g/mol. The SMILES string of the molecule is C=C(S/C=C(\C)Cc1cc(C)c(N=CN(C)CC)cc1C)c1ccc2c(c1)CC(C)CC2. The predicted molar refractivity (Wildman–Crippen MR) is 144 cm³/mol. The molecule has 32 heavy (non-hydrogen) atoms. The number of hydrogen-bond donors (Lipinski definition) is 0. The smallest absolute Gasteiger partial charge is 0.0909 e. The number of allylic oxidation sites excluding steroid dienone is 1. The van der Waals surface area contributed by atoms with Gasteiger partial charge in [0.25, 0.3) is 0 Å². The van der Waals surface area contributed by atoms with E-state index in [1.165, 1.54) is 58.2 Å². The van der Waals surface area contributed by atoms with Crippen molar-refractivity contribution in [1.82, 2.24) is 4.90 Å². The number of aryl methyl sites for hydroxylation is 3. The molecule has 170 valence electrons. The molecule has 0 radical (unpaired) electrons. The maximum absolute atomic E-state index is 4.66. The van der Waals surface area contributed by atoms with E-state index in [2.05, 4.69) is 86.8 Å². The fourth-order valence-corrected chi connectivity index (χ4v) is 4.82. The standard InChI is InChI=1S/C29H38N2S/c1-8-31(7)19-30-29-16-22(4)27(15-23(29)5)14-21(3)18-32-24(6)26-12-11-25-10-9-20(2)13-28(25)17-26/h11-12,15-20H,6,8-10,13-14H2,1-5,7H3/b21-18+,30-19?. The van der Waals surface area contributed by atoms with Crippen LogP contribution in [0.25, 0.3) is 4.91 Å². The lowest BCUT2D eigenvalue weighted by atomic mass is 9.84. The van der Waals surface area contributed by atoms with E-state index in [1.807, 2.05) is 13.4 Å². The molecule has 3 rings (SSSR count). The number of rotatable bonds is 8. The summed E-state index contributed by atoms with van der Waals surface area (Å²) in [6.07, 6.45) is 6.59. The Kier molecular flexibility index (Phi) is 8.42. The quantitative estimate of drug-likeness (QED) is 0.302. The Bertz CT molecular complexity index is 1030. The summed E-state index contributed by atoms with van der Waals surface area (Å²) in [4.78, 5) is 7.87. The molecule has 3 heteroatoms. The Morgan fingerprint density at radius 3 is 2.72 bits per heavy atom. The van der Waals surface area contributed by atoms with Crippen molar-refractivity contribution in [3.05, 3.63) is 81.3 Å². The molecule has 0 saturated heterocycles. The summed E-state index contributed by atoms with van der Waals surface area (Å²) in [5.74, 6) is 0.789. The van der Waals surface area contributed by atoms with Gasteiger partial charge in [-0.1, -0.05) is 55.1 Å². The number of benzene rings is 2. The zero-order valence-corrected chi connectivity index (χ0v) is 21.5. The number of aliphatic imine (C=N–C) groups is 1. The molecule has 0 spiro atoms. The molecule has 2 nitrogen and oxygen atoms in total. The van der Waals surface area contributed by atoms with Gasteiger partial charge in [0.15, 0.2) is 0 Å². The molecule has 0 N–H and O–H groups in total. The molecule has 0 aliphatic heterocycles. The lowest BCUT2D eigenvalue weighted by Crippen LogP contribution is -2.14. The molecule has 1 atom stereocenters. The van der Waals surface area contributed by atoms with Crippen LogP contribution in [-0.2, 0) is 19.3 Å². The van der Waals surface area contributed by atoms with Gasteiger partial charge >= 0.3 is 0 Å². The summed E-state index contributed by atoms with van der Waals surface area (Å²) in [6.45, 7) is 16.3. The van der Waals surface area contributed by atoms with Crippen molar-refractivity contribution in [2.24, 2.45) is 10.9 Å². The van der Waals surface area contributed by atoms with E-state index in [-0.39, 0.29) is 0 Å². The van der Waals surface area contributed by atoms with E-state index in [0.29, 0.717) is 0 Å². The van der Waals surface area contributed by atoms with Gasteiger partial charge in [-0.05, 0) is 104 Å². The third-order valence-electron chi connectivity index (χ3n) is 6.42. The predicted octanol–water partition coefficient (Wildman–Crippen LogP) is 7.89. The van der Waals surface area contributed by atoms with Gasteiger partial charge in [0.05, 0.1) is 12.0 Å².